The van der Waals surface area contributed by atoms with Gasteiger partial charge in [-0.3, -0.25) is 0 Å². The van der Waals surface area contributed by atoms with Gasteiger partial charge in [0.2, 0.25) is 11.6 Å². The first-order chi connectivity index (χ1) is 9.54. The fraction of sp³-hybridized carbons (Fsp3) is 0.692. The lowest BCUT2D eigenvalue weighted by Crippen LogP contribution is -2.22. The smallest absolute Gasteiger partial charge is 0.297 e. The van der Waals surface area contributed by atoms with Gasteiger partial charge in [0.15, 0.2) is 0 Å². The molecular weight excluding hydrogens is 258 g/mol. The Labute approximate surface area is 117 Å². The lowest BCUT2D eigenvalue weighted by molar-refractivity contribution is 0.00822. The van der Waals surface area contributed by atoms with E-state index in [1.54, 1.807) is 11.0 Å². The van der Waals surface area contributed by atoms with Gasteiger partial charge in [-0.2, -0.15) is 4.98 Å². The highest BCUT2D eigenvalue weighted by Crippen LogP contribution is 2.27. The average molecular weight is 277 g/mol. The van der Waals surface area contributed by atoms with Gasteiger partial charge in [-0.25, -0.2) is 9.67 Å². The van der Waals surface area contributed by atoms with Gasteiger partial charge >= 0.3 is 0 Å². The van der Waals surface area contributed by atoms with Crippen molar-refractivity contribution in [2.24, 2.45) is 0 Å². The number of aromatic nitrogens is 5. The fourth-order valence-corrected chi connectivity index (χ4v) is 2.09. The van der Waals surface area contributed by atoms with E-state index in [0.717, 1.165) is 25.9 Å². The van der Waals surface area contributed by atoms with Crippen molar-refractivity contribution in [3.8, 4) is 11.7 Å². The largest absolute Gasteiger partial charge is 0.370 e. The summed E-state index contributed by atoms with van der Waals surface area (Å²) in [7, 11) is 0. The van der Waals surface area contributed by atoms with Crippen LogP contribution in [0.4, 0.5) is 0 Å². The summed E-state index contributed by atoms with van der Waals surface area (Å²) in [5.41, 5.74) is -0.124. The van der Waals surface area contributed by atoms with Crippen LogP contribution in [0.25, 0.3) is 11.7 Å². The molecule has 0 aliphatic carbocycles. The van der Waals surface area contributed by atoms with Gasteiger partial charge in [0, 0.05) is 6.61 Å². The molecule has 20 heavy (non-hydrogen) atoms. The molecule has 7 heteroatoms. The zero-order chi connectivity index (χ0) is 14.2. The van der Waals surface area contributed by atoms with Crippen molar-refractivity contribution in [1.82, 2.24) is 24.9 Å². The zero-order valence-electron chi connectivity index (χ0n) is 12.0. The molecule has 0 N–H and O–H groups in total. The van der Waals surface area contributed by atoms with Gasteiger partial charge in [-0.1, -0.05) is 5.16 Å². The van der Waals surface area contributed by atoms with E-state index in [-0.39, 0.29) is 11.6 Å². The second kappa shape index (κ2) is 4.97. The van der Waals surface area contributed by atoms with Crippen LogP contribution >= 0.6 is 0 Å². The molecule has 0 bridgehead atoms. The normalized spacial score (nSPS) is 20.2. The molecule has 1 aliphatic rings. The molecule has 108 valence electrons. The Hall–Kier alpha value is -1.76. The summed E-state index contributed by atoms with van der Waals surface area (Å²) in [6, 6.07) is 0. The van der Waals surface area contributed by atoms with Crippen LogP contribution < -0.4 is 0 Å². The lowest BCUT2D eigenvalue weighted by Gasteiger charge is -2.18. The standard InChI is InChI=1S/C13H19N5O2/c1-13(2,3)18-8-14-11(16-18)12-15-10(17-20-12)9-6-4-5-7-19-9/h8-9H,4-7H2,1-3H3. The van der Waals surface area contributed by atoms with Gasteiger partial charge in [0.05, 0.1) is 5.54 Å². The van der Waals surface area contributed by atoms with Crippen molar-refractivity contribution in [2.45, 2.75) is 51.7 Å². The van der Waals surface area contributed by atoms with E-state index in [9.17, 15) is 0 Å². The number of nitrogens with zero attached hydrogens (tertiary/aromatic N) is 5. The van der Waals surface area contributed by atoms with Crippen molar-refractivity contribution in [1.29, 1.82) is 0 Å². The van der Waals surface area contributed by atoms with E-state index in [4.69, 9.17) is 9.26 Å². The first-order valence-corrected chi connectivity index (χ1v) is 6.92. The maximum Gasteiger partial charge on any atom is 0.297 e. The topological polar surface area (TPSA) is 78.9 Å². The predicted molar refractivity (Wildman–Crippen MR) is 70.9 cm³/mol. The Balaban J connectivity index is 1.81. The molecule has 2 aromatic rings. The van der Waals surface area contributed by atoms with Gasteiger partial charge in [0.1, 0.15) is 12.4 Å². The summed E-state index contributed by atoms with van der Waals surface area (Å²) in [5, 5.41) is 8.37. The Bertz CT molecular complexity index is 578. The molecule has 1 atom stereocenters. The minimum absolute atomic E-state index is 0.0639. The summed E-state index contributed by atoms with van der Waals surface area (Å²) < 4.78 is 12.7. The SMILES string of the molecule is CC(C)(C)n1cnc(-c2nc(C3CCCCO3)no2)n1. The van der Waals surface area contributed by atoms with Crippen molar-refractivity contribution in [3.05, 3.63) is 12.2 Å². The number of rotatable bonds is 2. The van der Waals surface area contributed by atoms with Crippen molar-refractivity contribution in [2.75, 3.05) is 6.61 Å². The van der Waals surface area contributed by atoms with Crippen molar-refractivity contribution < 1.29 is 9.26 Å². The molecule has 1 unspecified atom stereocenters. The van der Waals surface area contributed by atoms with Crippen molar-refractivity contribution >= 4 is 0 Å². The molecule has 0 aromatic carbocycles. The molecular formula is C13H19N5O2. The van der Waals surface area contributed by atoms with Crippen LogP contribution in [0.3, 0.4) is 0 Å². The molecule has 3 heterocycles. The van der Waals surface area contributed by atoms with Gasteiger partial charge in [0.25, 0.3) is 5.89 Å². The maximum atomic E-state index is 5.64. The summed E-state index contributed by atoms with van der Waals surface area (Å²) in [6.45, 7) is 6.92. The Morgan fingerprint density at radius 3 is 2.80 bits per heavy atom. The highest BCUT2D eigenvalue weighted by atomic mass is 16.5. The maximum absolute atomic E-state index is 5.64. The second-order valence-corrected chi connectivity index (χ2v) is 6.00. The van der Waals surface area contributed by atoms with Crippen LogP contribution in [0, 0.1) is 0 Å². The van der Waals surface area contributed by atoms with Crippen LogP contribution in [0.5, 0.6) is 0 Å². The third-order valence-electron chi connectivity index (χ3n) is 3.28. The Morgan fingerprint density at radius 2 is 2.15 bits per heavy atom. The number of hydrogen-bond acceptors (Lipinski definition) is 6. The molecule has 7 nitrogen and oxygen atoms in total. The van der Waals surface area contributed by atoms with E-state index in [0.29, 0.717) is 17.5 Å². The van der Waals surface area contributed by atoms with Crippen LogP contribution in [-0.4, -0.2) is 31.5 Å². The van der Waals surface area contributed by atoms with E-state index >= 15 is 0 Å². The minimum Gasteiger partial charge on any atom is -0.370 e. The molecule has 0 saturated carbocycles. The summed E-state index contributed by atoms with van der Waals surface area (Å²) in [6.07, 6.45) is 4.77. The molecule has 0 radical (unpaired) electrons. The monoisotopic (exact) mass is 277 g/mol. The fourth-order valence-electron chi connectivity index (χ4n) is 2.09. The highest BCUT2D eigenvalue weighted by Gasteiger charge is 2.24. The van der Waals surface area contributed by atoms with E-state index in [2.05, 4.69) is 41.0 Å². The first kappa shape index (κ1) is 13.2. The molecule has 1 aliphatic heterocycles. The highest BCUT2D eigenvalue weighted by molar-refractivity contribution is 5.37. The van der Waals surface area contributed by atoms with Gasteiger partial charge in [-0.15, -0.1) is 5.10 Å². The summed E-state index contributed by atoms with van der Waals surface area (Å²) in [4.78, 5) is 8.58. The first-order valence-electron chi connectivity index (χ1n) is 6.92. The molecule has 0 amide bonds. The number of hydrogen-bond donors (Lipinski definition) is 0. The molecule has 1 saturated heterocycles. The van der Waals surface area contributed by atoms with Gasteiger partial charge in [-0.05, 0) is 40.0 Å². The third kappa shape index (κ3) is 2.58. The van der Waals surface area contributed by atoms with Crippen molar-refractivity contribution in [3.63, 3.8) is 0 Å². The van der Waals surface area contributed by atoms with Crippen LogP contribution in [0.15, 0.2) is 10.9 Å². The van der Waals surface area contributed by atoms with Crippen LogP contribution in [0.1, 0.15) is 52.0 Å². The summed E-state index contributed by atoms with van der Waals surface area (Å²) in [5.74, 6) is 1.39. The molecule has 2 aromatic heterocycles. The quantitative estimate of drug-likeness (QED) is 0.838. The second-order valence-electron chi connectivity index (χ2n) is 6.00. The zero-order valence-corrected chi connectivity index (χ0v) is 12.0. The van der Waals surface area contributed by atoms with Crippen LogP contribution in [-0.2, 0) is 10.3 Å². The van der Waals surface area contributed by atoms with E-state index in [1.165, 1.54) is 0 Å². The number of ether oxygens (including phenoxy) is 1. The molecule has 0 spiro atoms. The third-order valence-corrected chi connectivity index (χ3v) is 3.28. The van der Waals surface area contributed by atoms with E-state index in [1.807, 2.05) is 0 Å². The summed E-state index contributed by atoms with van der Waals surface area (Å²) >= 11 is 0. The lowest BCUT2D eigenvalue weighted by atomic mass is 10.1. The molecule has 1 fully saturated rings. The molecule has 3 rings (SSSR count). The Morgan fingerprint density at radius 1 is 1.30 bits per heavy atom. The minimum atomic E-state index is -0.124. The van der Waals surface area contributed by atoms with Crippen LogP contribution in [0.2, 0.25) is 0 Å². The van der Waals surface area contributed by atoms with Gasteiger partial charge < -0.3 is 9.26 Å². The predicted octanol–water partition coefficient (Wildman–Crippen LogP) is 2.32. The Kier molecular flexibility index (Phi) is 3.29. The average Bonchev–Trinajstić information content (AvgIpc) is 3.08. The van der Waals surface area contributed by atoms with E-state index < -0.39 is 0 Å².